The van der Waals surface area contributed by atoms with Gasteiger partial charge in [-0.25, -0.2) is 4.68 Å². The molecule has 0 aliphatic rings. The quantitative estimate of drug-likeness (QED) is 0.752. The van der Waals surface area contributed by atoms with Crippen LogP contribution < -0.4 is 5.32 Å². The molecule has 0 saturated carbocycles. The summed E-state index contributed by atoms with van der Waals surface area (Å²) in [4.78, 5) is 0. The predicted octanol–water partition coefficient (Wildman–Crippen LogP) is 1.76. The molecule has 0 radical (unpaired) electrons. The van der Waals surface area contributed by atoms with Crippen LogP contribution in [0.5, 0.6) is 0 Å². The smallest absolute Gasteiger partial charge is 0.0780 e. The SMILES string of the molecule is CCCn1nncc1C(COC(C)C)NCC. The summed E-state index contributed by atoms with van der Waals surface area (Å²) < 4.78 is 7.64. The molecule has 1 aromatic rings. The number of ether oxygens (including phenoxy) is 1. The van der Waals surface area contributed by atoms with Crippen LogP contribution >= 0.6 is 0 Å². The second-order valence-corrected chi connectivity index (χ2v) is 4.37. The molecule has 1 N–H and O–H groups in total. The van der Waals surface area contributed by atoms with Gasteiger partial charge in [0.05, 0.1) is 30.6 Å². The molecule has 5 nitrogen and oxygen atoms in total. The van der Waals surface area contributed by atoms with Crippen molar-refractivity contribution in [3.63, 3.8) is 0 Å². The molecule has 5 heteroatoms. The first-order valence-electron chi connectivity index (χ1n) is 6.42. The zero-order chi connectivity index (χ0) is 12.7. The summed E-state index contributed by atoms with van der Waals surface area (Å²) in [6, 6.07) is 0.170. The van der Waals surface area contributed by atoms with Gasteiger partial charge in [-0.2, -0.15) is 0 Å². The maximum Gasteiger partial charge on any atom is 0.0780 e. The Labute approximate surface area is 104 Å². The third kappa shape index (κ3) is 4.44. The molecule has 1 rings (SSSR count). The molecule has 1 aromatic heterocycles. The van der Waals surface area contributed by atoms with Gasteiger partial charge in [0.25, 0.3) is 0 Å². The Morgan fingerprint density at radius 2 is 2.18 bits per heavy atom. The lowest BCUT2D eigenvalue weighted by Crippen LogP contribution is -2.29. The highest BCUT2D eigenvalue weighted by Gasteiger charge is 2.16. The largest absolute Gasteiger partial charge is 0.377 e. The number of hydrogen-bond donors (Lipinski definition) is 1. The topological polar surface area (TPSA) is 52.0 Å². The lowest BCUT2D eigenvalue weighted by Gasteiger charge is -2.20. The summed E-state index contributed by atoms with van der Waals surface area (Å²) >= 11 is 0. The van der Waals surface area contributed by atoms with Crippen molar-refractivity contribution in [3.8, 4) is 0 Å². The summed E-state index contributed by atoms with van der Waals surface area (Å²) in [6.45, 7) is 10.8. The molecular formula is C12H24N4O. The monoisotopic (exact) mass is 240 g/mol. The van der Waals surface area contributed by atoms with Crippen LogP contribution in [0.15, 0.2) is 6.20 Å². The molecule has 0 amide bonds. The lowest BCUT2D eigenvalue weighted by atomic mass is 10.2. The van der Waals surface area contributed by atoms with E-state index in [0.29, 0.717) is 6.61 Å². The Morgan fingerprint density at radius 1 is 1.41 bits per heavy atom. The third-order valence-corrected chi connectivity index (χ3v) is 2.49. The van der Waals surface area contributed by atoms with E-state index in [1.807, 2.05) is 24.7 Å². The van der Waals surface area contributed by atoms with Crippen molar-refractivity contribution in [2.45, 2.75) is 52.8 Å². The van der Waals surface area contributed by atoms with Gasteiger partial charge in [-0.3, -0.25) is 0 Å². The first kappa shape index (κ1) is 14.1. The number of nitrogens with one attached hydrogen (secondary N) is 1. The zero-order valence-electron chi connectivity index (χ0n) is 11.3. The fraction of sp³-hybridized carbons (Fsp3) is 0.833. The van der Waals surface area contributed by atoms with Gasteiger partial charge in [-0.15, -0.1) is 5.10 Å². The van der Waals surface area contributed by atoms with Crippen LogP contribution in [-0.4, -0.2) is 34.2 Å². The molecule has 0 fully saturated rings. The highest BCUT2D eigenvalue weighted by atomic mass is 16.5. The van der Waals surface area contributed by atoms with Crippen LogP contribution in [-0.2, 0) is 11.3 Å². The molecule has 0 aliphatic heterocycles. The first-order valence-corrected chi connectivity index (χ1v) is 6.42. The predicted molar refractivity (Wildman–Crippen MR) is 67.8 cm³/mol. The Bertz CT molecular complexity index is 311. The second-order valence-electron chi connectivity index (χ2n) is 4.37. The van der Waals surface area contributed by atoms with E-state index in [4.69, 9.17) is 4.74 Å². The molecule has 1 atom stereocenters. The Balaban J connectivity index is 2.70. The van der Waals surface area contributed by atoms with Crippen LogP contribution in [0.1, 0.15) is 45.9 Å². The standard InChI is InChI=1S/C12H24N4O/c1-5-7-16-12(8-14-15-16)11(13-6-2)9-17-10(3)4/h8,10-11,13H,5-7,9H2,1-4H3. The molecule has 0 bridgehead atoms. The third-order valence-electron chi connectivity index (χ3n) is 2.49. The van der Waals surface area contributed by atoms with E-state index in [1.54, 1.807) is 0 Å². The summed E-state index contributed by atoms with van der Waals surface area (Å²) in [6.07, 6.45) is 3.12. The Kier molecular flexibility index (Phi) is 6.15. The van der Waals surface area contributed by atoms with Gasteiger partial charge in [0.15, 0.2) is 0 Å². The molecule has 0 saturated heterocycles. The number of nitrogens with zero attached hydrogens (tertiary/aromatic N) is 3. The average molecular weight is 240 g/mol. The van der Waals surface area contributed by atoms with Gasteiger partial charge in [-0.1, -0.05) is 19.1 Å². The van der Waals surface area contributed by atoms with Gasteiger partial charge in [0, 0.05) is 6.54 Å². The minimum Gasteiger partial charge on any atom is -0.377 e. The fourth-order valence-electron chi connectivity index (χ4n) is 1.71. The first-order chi connectivity index (χ1) is 8.19. The summed E-state index contributed by atoms with van der Waals surface area (Å²) in [5.74, 6) is 0. The maximum atomic E-state index is 5.68. The molecule has 0 spiro atoms. The van der Waals surface area contributed by atoms with Crippen molar-refractivity contribution in [1.82, 2.24) is 20.3 Å². The summed E-state index contributed by atoms with van der Waals surface area (Å²) in [5.41, 5.74) is 1.11. The number of aryl methyl sites for hydroxylation is 1. The number of rotatable bonds is 8. The van der Waals surface area contributed by atoms with Crippen molar-refractivity contribution >= 4 is 0 Å². The van der Waals surface area contributed by atoms with Crippen LogP contribution in [0.4, 0.5) is 0 Å². The Morgan fingerprint density at radius 3 is 2.76 bits per heavy atom. The molecule has 0 aliphatic carbocycles. The molecule has 1 heterocycles. The molecular weight excluding hydrogens is 216 g/mol. The van der Waals surface area contributed by atoms with E-state index in [-0.39, 0.29) is 12.1 Å². The van der Waals surface area contributed by atoms with Crippen molar-refractivity contribution in [2.24, 2.45) is 0 Å². The van der Waals surface area contributed by atoms with E-state index >= 15 is 0 Å². The van der Waals surface area contributed by atoms with Crippen LogP contribution in [0.3, 0.4) is 0 Å². The second kappa shape index (κ2) is 7.40. The number of aromatic nitrogens is 3. The zero-order valence-corrected chi connectivity index (χ0v) is 11.3. The van der Waals surface area contributed by atoms with Crippen LogP contribution in [0.2, 0.25) is 0 Å². The fourth-order valence-corrected chi connectivity index (χ4v) is 1.71. The van der Waals surface area contributed by atoms with Crippen molar-refractivity contribution in [1.29, 1.82) is 0 Å². The summed E-state index contributed by atoms with van der Waals surface area (Å²) in [7, 11) is 0. The van der Waals surface area contributed by atoms with Gasteiger partial charge in [0.2, 0.25) is 0 Å². The molecule has 98 valence electrons. The highest BCUT2D eigenvalue weighted by molar-refractivity contribution is 5.02. The van der Waals surface area contributed by atoms with E-state index in [2.05, 4.69) is 29.5 Å². The van der Waals surface area contributed by atoms with Crippen molar-refractivity contribution in [2.75, 3.05) is 13.2 Å². The van der Waals surface area contributed by atoms with E-state index in [0.717, 1.165) is 25.2 Å². The lowest BCUT2D eigenvalue weighted by molar-refractivity contribution is 0.0596. The van der Waals surface area contributed by atoms with Gasteiger partial charge < -0.3 is 10.1 Å². The maximum absolute atomic E-state index is 5.68. The number of likely N-dealkylation sites (N-methyl/N-ethyl adjacent to an activating group) is 1. The Hall–Kier alpha value is -0.940. The normalized spacial score (nSPS) is 13.2. The van der Waals surface area contributed by atoms with Crippen LogP contribution in [0, 0.1) is 0 Å². The van der Waals surface area contributed by atoms with E-state index in [9.17, 15) is 0 Å². The molecule has 17 heavy (non-hydrogen) atoms. The molecule has 0 aromatic carbocycles. The minimum atomic E-state index is 0.170. The van der Waals surface area contributed by atoms with E-state index < -0.39 is 0 Å². The van der Waals surface area contributed by atoms with Crippen LogP contribution in [0.25, 0.3) is 0 Å². The molecule has 1 unspecified atom stereocenters. The van der Waals surface area contributed by atoms with Gasteiger partial charge in [0.1, 0.15) is 0 Å². The summed E-state index contributed by atoms with van der Waals surface area (Å²) in [5, 5.41) is 11.5. The minimum absolute atomic E-state index is 0.170. The number of hydrogen-bond acceptors (Lipinski definition) is 4. The van der Waals surface area contributed by atoms with Gasteiger partial charge >= 0.3 is 0 Å². The van der Waals surface area contributed by atoms with Crippen molar-refractivity contribution < 1.29 is 4.74 Å². The van der Waals surface area contributed by atoms with Crippen molar-refractivity contribution in [3.05, 3.63) is 11.9 Å². The van der Waals surface area contributed by atoms with E-state index in [1.165, 1.54) is 0 Å². The van der Waals surface area contributed by atoms with Gasteiger partial charge in [-0.05, 0) is 26.8 Å². The highest BCUT2D eigenvalue weighted by Crippen LogP contribution is 2.13. The average Bonchev–Trinajstić information content (AvgIpc) is 2.73.